The number of hydrogen-bond donors (Lipinski definition) is 1. The average Bonchev–Trinajstić information content (AvgIpc) is 2.56. The Labute approximate surface area is 130 Å². The van der Waals surface area contributed by atoms with Crippen molar-refractivity contribution in [3.8, 4) is 0 Å². The summed E-state index contributed by atoms with van der Waals surface area (Å²) >= 11 is 5.28. The maximum Gasteiger partial charge on any atom is 0.189 e. The quantitative estimate of drug-likeness (QED) is 0.535. The lowest BCUT2D eigenvalue weighted by Crippen LogP contribution is -2.34. The molecular weight excluding hydrogens is 280 g/mol. The molecule has 0 atom stereocenters. The predicted molar refractivity (Wildman–Crippen MR) is 90.4 cm³/mol. The van der Waals surface area contributed by atoms with E-state index >= 15 is 0 Å². The Bertz CT molecular complexity index is 569. The Morgan fingerprint density at radius 3 is 2.52 bits per heavy atom. The minimum absolute atomic E-state index is 0.585. The number of thiocarbonyl (C=S) groups is 1. The van der Waals surface area contributed by atoms with Crippen LogP contribution in [0.2, 0.25) is 0 Å². The highest BCUT2D eigenvalue weighted by Crippen LogP contribution is 2.08. The van der Waals surface area contributed by atoms with Crippen LogP contribution in [0.4, 0.5) is 0 Å². The smallest absolute Gasteiger partial charge is 0.189 e. The summed E-state index contributed by atoms with van der Waals surface area (Å²) < 4.78 is 0. The fraction of sp³-hybridized carbons (Fsp3) is 0.188. The maximum atomic E-state index is 5.28. The summed E-state index contributed by atoms with van der Waals surface area (Å²) in [7, 11) is 1.92. The zero-order chi connectivity index (χ0) is 15.1. The molecule has 0 fully saturated rings. The van der Waals surface area contributed by atoms with Gasteiger partial charge in [-0.1, -0.05) is 36.4 Å². The number of nitrogens with zero attached hydrogens (tertiary/aromatic N) is 3. The number of hydrogen-bond acceptors (Lipinski definition) is 3. The third kappa shape index (κ3) is 4.10. The van der Waals surface area contributed by atoms with E-state index < -0.39 is 0 Å². The molecule has 0 amide bonds. The fourth-order valence-corrected chi connectivity index (χ4v) is 1.88. The van der Waals surface area contributed by atoms with E-state index in [-0.39, 0.29) is 0 Å². The van der Waals surface area contributed by atoms with Gasteiger partial charge in [-0.15, -0.1) is 0 Å². The Balaban J connectivity index is 2.31. The summed E-state index contributed by atoms with van der Waals surface area (Å²) in [6.07, 6.45) is 1.75. The second-order valence-corrected chi connectivity index (χ2v) is 4.86. The maximum absolute atomic E-state index is 5.28. The van der Waals surface area contributed by atoms with Gasteiger partial charge in [0.05, 0.1) is 5.69 Å². The third-order valence-electron chi connectivity index (χ3n) is 3.04. The highest BCUT2D eigenvalue weighted by molar-refractivity contribution is 7.80. The van der Waals surface area contributed by atoms with E-state index in [2.05, 4.69) is 15.5 Å². The van der Waals surface area contributed by atoms with Crippen molar-refractivity contribution >= 4 is 23.0 Å². The minimum atomic E-state index is 0.585. The first-order valence-electron chi connectivity index (χ1n) is 6.78. The Kier molecular flexibility index (Phi) is 5.40. The van der Waals surface area contributed by atoms with E-state index in [1.54, 1.807) is 6.20 Å². The summed E-state index contributed by atoms with van der Waals surface area (Å²) in [5, 5.41) is 5.04. The molecule has 2 rings (SSSR count). The predicted octanol–water partition coefficient (Wildman–Crippen LogP) is 2.66. The average molecular weight is 298 g/mol. The van der Waals surface area contributed by atoms with Gasteiger partial charge >= 0.3 is 0 Å². The number of pyridine rings is 1. The Morgan fingerprint density at radius 2 is 1.90 bits per heavy atom. The second kappa shape index (κ2) is 7.50. The van der Waals surface area contributed by atoms with E-state index in [9.17, 15) is 0 Å². The van der Waals surface area contributed by atoms with Crippen LogP contribution in [-0.4, -0.2) is 34.3 Å². The number of rotatable bonds is 4. The van der Waals surface area contributed by atoms with E-state index in [1.807, 2.05) is 67.4 Å². The second-order valence-electron chi connectivity index (χ2n) is 4.47. The molecule has 4 nitrogen and oxygen atoms in total. The van der Waals surface area contributed by atoms with Gasteiger partial charge in [0.2, 0.25) is 0 Å². The molecule has 0 aliphatic rings. The zero-order valence-corrected chi connectivity index (χ0v) is 13.0. The van der Waals surface area contributed by atoms with Crippen LogP contribution in [0.3, 0.4) is 0 Å². The van der Waals surface area contributed by atoms with Gasteiger partial charge in [0, 0.05) is 25.4 Å². The van der Waals surface area contributed by atoms with Gasteiger partial charge in [-0.3, -0.25) is 10.4 Å². The lowest BCUT2D eigenvalue weighted by Gasteiger charge is -2.17. The van der Waals surface area contributed by atoms with Crippen LogP contribution in [0.5, 0.6) is 0 Å². The van der Waals surface area contributed by atoms with Crippen molar-refractivity contribution in [2.24, 2.45) is 5.10 Å². The number of nitrogens with one attached hydrogen (secondary N) is 1. The first-order chi connectivity index (χ1) is 10.2. The van der Waals surface area contributed by atoms with Gasteiger partial charge < -0.3 is 4.90 Å². The summed E-state index contributed by atoms with van der Waals surface area (Å²) in [6.45, 7) is 2.86. The molecule has 1 aromatic heterocycles. The summed E-state index contributed by atoms with van der Waals surface area (Å²) in [4.78, 5) is 6.29. The van der Waals surface area contributed by atoms with E-state index in [0.29, 0.717) is 5.11 Å². The van der Waals surface area contributed by atoms with Crippen molar-refractivity contribution in [2.45, 2.75) is 6.92 Å². The molecule has 0 radical (unpaired) electrons. The first kappa shape index (κ1) is 15.1. The molecule has 1 heterocycles. The SMILES string of the molecule is CCN(C)C(=S)N/N=C(\c1ccccc1)c1ccccn1. The molecule has 2 aromatic rings. The van der Waals surface area contributed by atoms with E-state index in [0.717, 1.165) is 23.5 Å². The largest absolute Gasteiger partial charge is 0.351 e. The first-order valence-corrected chi connectivity index (χ1v) is 7.18. The molecule has 5 heteroatoms. The Hall–Kier alpha value is -2.27. The molecule has 0 bridgehead atoms. The van der Waals surface area contributed by atoms with Crippen molar-refractivity contribution in [3.63, 3.8) is 0 Å². The summed E-state index contributed by atoms with van der Waals surface area (Å²) in [5.74, 6) is 0. The van der Waals surface area contributed by atoms with Crippen LogP contribution in [-0.2, 0) is 0 Å². The monoisotopic (exact) mass is 298 g/mol. The minimum Gasteiger partial charge on any atom is -0.351 e. The number of aromatic nitrogens is 1. The highest BCUT2D eigenvalue weighted by Gasteiger charge is 2.08. The van der Waals surface area contributed by atoms with Crippen molar-refractivity contribution in [1.29, 1.82) is 0 Å². The van der Waals surface area contributed by atoms with E-state index in [4.69, 9.17) is 12.2 Å². The van der Waals surface area contributed by atoms with Crippen molar-refractivity contribution in [2.75, 3.05) is 13.6 Å². The topological polar surface area (TPSA) is 40.5 Å². The lowest BCUT2D eigenvalue weighted by molar-refractivity contribution is 0.525. The van der Waals surface area contributed by atoms with Crippen LogP contribution in [0, 0.1) is 0 Å². The van der Waals surface area contributed by atoms with Crippen molar-refractivity contribution < 1.29 is 0 Å². The Morgan fingerprint density at radius 1 is 1.19 bits per heavy atom. The molecular formula is C16H18N4S. The molecule has 1 aromatic carbocycles. The third-order valence-corrected chi connectivity index (χ3v) is 3.44. The molecule has 0 spiro atoms. The summed E-state index contributed by atoms with van der Waals surface area (Å²) in [6, 6.07) is 15.7. The lowest BCUT2D eigenvalue weighted by atomic mass is 10.1. The van der Waals surface area contributed by atoms with E-state index in [1.165, 1.54) is 0 Å². The van der Waals surface area contributed by atoms with Gasteiger partial charge in [0.1, 0.15) is 5.71 Å². The summed E-state index contributed by atoms with van der Waals surface area (Å²) in [5.41, 5.74) is 5.50. The van der Waals surface area contributed by atoms with Crippen LogP contribution >= 0.6 is 12.2 Å². The molecule has 0 aliphatic heterocycles. The molecule has 0 saturated heterocycles. The molecule has 0 aliphatic carbocycles. The molecule has 0 unspecified atom stereocenters. The van der Waals surface area contributed by atoms with Gasteiger partial charge in [-0.05, 0) is 31.3 Å². The van der Waals surface area contributed by atoms with Crippen LogP contribution in [0.25, 0.3) is 0 Å². The molecule has 21 heavy (non-hydrogen) atoms. The normalized spacial score (nSPS) is 11.0. The van der Waals surface area contributed by atoms with Crippen LogP contribution in [0.1, 0.15) is 18.2 Å². The van der Waals surface area contributed by atoms with Crippen molar-refractivity contribution in [1.82, 2.24) is 15.3 Å². The van der Waals surface area contributed by atoms with Gasteiger partial charge in [-0.2, -0.15) is 5.10 Å². The van der Waals surface area contributed by atoms with Crippen molar-refractivity contribution in [3.05, 3.63) is 66.0 Å². The fourth-order valence-electron chi connectivity index (χ4n) is 1.70. The molecule has 0 saturated carbocycles. The highest BCUT2D eigenvalue weighted by atomic mass is 32.1. The number of benzene rings is 1. The number of hydrazone groups is 1. The van der Waals surface area contributed by atoms with Gasteiger partial charge in [0.25, 0.3) is 0 Å². The van der Waals surface area contributed by atoms with Gasteiger partial charge in [-0.25, -0.2) is 0 Å². The molecule has 108 valence electrons. The van der Waals surface area contributed by atoms with Gasteiger partial charge in [0.15, 0.2) is 5.11 Å². The van der Waals surface area contributed by atoms with Crippen LogP contribution in [0.15, 0.2) is 59.8 Å². The zero-order valence-electron chi connectivity index (χ0n) is 12.2. The standard InChI is InChI=1S/C16H18N4S/c1-3-20(2)16(21)19-18-15(13-9-5-4-6-10-13)14-11-7-8-12-17-14/h4-12H,3H2,1-2H3,(H,19,21)/b18-15+. The van der Waals surface area contributed by atoms with Crippen LogP contribution < -0.4 is 5.43 Å². The molecule has 1 N–H and O–H groups in total.